The predicted molar refractivity (Wildman–Crippen MR) is 105 cm³/mol. The molecule has 126 valence electrons. The fourth-order valence-corrected chi connectivity index (χ4v) is 3.81. The molecule has 0 spiro atoms. The van der Waals surface area contributed by atoms with Gasteiger partial charge in [0.15, 0.2) is 5.78 Å². The van der Waals surface area contributed by atoms with Gasteiger partial charge in [-0.15, -0.1) is 11.3 Å². The molecule has 3 rings (SSSR count). The predicted octanol–water partition coefficient (Wildman–Crippen LogP) is 5.75. The van der Waals surface area contributed by atoms with Crippen LogP contribution in [0.25, 0.3) is 16.0 Å². The van der Waals surface area contributed by atoms with Crippen LogP contribution >= 0.6 is 11.3 Å². The van der Waals surface area contributed by atoms with E-state index in [1.165, 1.54) is 0 Å². The van der Waals surface area contributed by atoms with Crippen molar-refractivity contribution >= 4 is 22.7 Å². The van der Waals surface area contributed by atoms with E-state index in [2.05, 4.69) is 37.3 Å². The third-order valence-electron chi connectivity index (χ3n) is 4.01. The lowest BCUT2D eigenvalue weighted by molar-refractivity contribution is -0.112. The van der Waals surface area contributed by atoms with Gasteiger partial charge < -0.3 is 4.74 Å². The van der Waals surface area contributed by atoms with E-state index in [9.17, 15) is 4.79 Å². The third kappa shape index (κ3) is 3.89. The maximum atomic E-state index is 11.8. The van der Waals surface area contributed by atoms with Crippen LogP contribution in [0.15, 0.2) is 66.7 Å². The van der Waals surface area contributed by atoms with Gasteiger partial charge in [0.1, 0.15) is 5.75 Å². The van der Waals surface area contributed by atoms with E-state index < -0.39 is 0 Å². The summed E-state index contributed by atoms with van der Waals surface area (Å²) in [6.45, 7) is 3.66. The molecule has 0 N–H and O–H groups in total. The van der Waals surface area contributed by atoms with Crippen molar-refractivity contribution in [2.75, 3.05) is 7.11 Å². The van der Waals surface area contributed by atoms with Gasteiger partial charge in [0.25, 0.3) is 0 Å². The smallest absolute Gasteiger partial charge is 0.153 e. The first-order valence-electron chi connectivity index (χ1n) is 8.11. The number of ketones is 1. The number of ether oxygens (including phenoxy) is 1. The summed E-state index contributed by atoms with van der Waals surface area (Å²) in [6.07, 6.45) is 1.73. The maximum Gasteiger partial charge on any atom is 0.153 e. The molecule has 3 heteroatoms. The van der Waals surface area contributed by atoms with Crippen LogP contribution in [0.4, 0.5) is 0 Å². The van der Waals surface area contributed by atoms with Gasteiger partial charge in [-0.25, -0.2) is 0 Å². The van der Waals surface area contributed by atoms with Crippen LogP contribution in [-0.4, -0.2) is 12.9 Å². The molecule has 0 bridgehead atoms. The lowest BCUT2D eigenvalue weighted by Gasteiger charge is -2.09. The summed E-state index contributed by atoms with van der Waals surface area (Å²) in [5.74, 6) is 0.889. The van der Waals surface area contributed by atoms with Crippen molar-refractivity contribution in [1.29, 1.82) is 0 Å². The second-order valence-electron chi connectivity index (χ2n) is 5.88. The molecule has 1 aromatic heterocycles. The van der Waals surface area contributed by atoms with E-state index in [1.54, 1.807) is 31.4 Å². The number of allylic oxidation sites excluding steroid dienone is 1. The Labute approximate surface area is 152 Å². The number of methoxy groups -OCH3 is 1. The zero-order valence-electron chi connectivity index (χ0n) is 14.6. The van der Waals surface area contributed by atoms with Crippen LogP contribution in [0.2, 0.25) is 0 Å². The van der Waals surface area contributed by atoms with E-state index >= 15 is 0 Å². The summed E-state index contributed by atoms with van der Waals surface area (Å²) in [6, 6.07) is 20.4. The van der Waals surface area contributed by atoms with Crippen LogP contribution in [0.3, 0.4) is 0 Å². The number of hydrogen-bond acceptors (Lipinski definition) is 3. The summed E-state index contributed by atoms with van der Waals surface area (Å²) in [7, 11) is 1.67. The Morgan fingerprint density at radius 1 is 1.04 bits per heavy atom. The summed E-state index contributed by atoms with van der Waals surface area (Å²) in [5, 5.41) is 0. The van der Waals surface area contributed by atoms with Crippen LogP contribution in [0.1, 0.15) is 22.9 Å². The lowest BCUT2D eigenvalue weighted by atomic mass is 9.98. The van der Waals surface area contributed by atoms with Gasteiger partial charge in [0.05, 0.1) is 7.11 Å². The minimum Gasteiger partial charge on any atom is -0.497 e. The van der Waals surface area contributed by atoms with E-state index in [1.807, 2.05) is 30.3 Å². The van der Waals surface area contributed by atoms with Crippen molar-refractivity contribution in [3.8, 4) is 16.2 Å². The van der Waals surface area contributed by atoms with Gasteiger partial charge in [-0.05, 0) is 60.9 Å². The van der Waals surface area contributed by atoms with Gasteiger partial charge in [-0.2, -0.15) is 0 Å². The highest BCUT2D eigenvalue weighted by Gasteiger charge is 2.12. The average Bonchev–Trinajstić information content (AvgIpc) is 3.10. The SMILES string of the molecule is COc1cccc(-c2ccc(/C(=C/C(C)=O)c3ccccc3C)s2)c1. The van der Waals surface area contributed by atoms with Crippen molar-refractivity contribution in [3.05, 3.63) is 82.7 Å². The number of benzene rings is 2. The number of hydrogen-bond donors (Lipinski definition) is 0. The molecule has 0 saturated heterocycles. The minimum absolute atomic E-state index is 0.0505. The summed E-state index contributed by atoms with van der Waals surface area (Å²) < 4.78 is 5.32. The van der Waals surface area contributed by atoms with Gasteiger partial charge in [-0.1, -0.05) is 36.4 Å². The zero-order valence-corrected chi connectivity index (χ0v) is 15.4. The Kier molecular flexibility index (Phi) is 5.15. The van der Waals surface area contributed by atoms with Crippen LogP contribution < -0.4 is 4.74 Å². The average molecular weight is 348 g/mol. The van der Waals surface area contributed by atoms with Crippen LogP contribution in [-0.2, 0) is 4.79 Å². The molecule has 25 heavy (non-hydrogen) atoms. The van der Waals surface area contributed by atoms with E-state index in [0.717, 1.165) is 37.8 Å². The zero-order chi connectivity index (χ0) is 17.8. The Bertz CT molecular complexity index is 934. The first kappa shape index (κ1) is 17.2. The first-order chi connectivity index (χ1) is 12.1. The highest BCUT2D eigenvalue weighted by atomic mass is 32.1. The lowest BCUT2D eigenvalue weighted by Crippen LogP contribution is -1.92. The normalized spacial score (nSPS) is 11.4. The second-order valence-corrected chi connectivity index (χ2v) is 6.96. The largest absolute Gasteiger partial charge is 0.497 e. The third-order valence-corrected chi connectivity index (χ3v) is 5.18. The van der Waals surface area contributed by atoms with Crippen molar-refractivity contribution in [1.82, 2.24) is 0 Å². The molecule has 0 aliphatic carbocycles. The molecule has 0 fully saturated rings. The second kappa shape index (κ2) is 7.49. The van der Waals surface area contributed by atoms with E-state index in [4.69, 9.17) is 4.74 Å². The Morgan fingerprint density at radius 3 is 2.56 bits per heavy atom. The molecule has 0 unspecified atom stereocenters. The minimum atomic E-state index is 0.0505. The maximum absolute atomic E-state index is 11.8. The molecule has 0 aliphatic rings. The number of aryl methyl sites for hydroxylation is 1. The van der Waals surface area contributed by atoms with E-state index in [0.29, 0.717) is 0 Å². The molecule has 0 radical (unpaired) electrons. The Hall–Kier alpha value is -2.65. The summed E-state index contributed by atoms with van der Waals surface area (Å²) in [4.78, 5) is 14.0. The van der Waals surface area contributed by atoms with Crippen LogP contribution in [0, 0.1) is 6.92 Å². The monoisotopic (exact) mass is 348 g/mol. The van der Waals surface area contributed by atoms with Crippen LogP contribution in [0.5, 0.6) is 5.75 Å². The summed E-state index contributed by atoms with van der Waals surface area (Å²) >= 11 is 1.68. The topological polar surface area (TPSA) is 26.3 Å². The standard InChI is InChI=1S/C22H20O2S/c1-15-7-4-5-10-19(15)20(13-16(2)23)22-12-11-21(25-22)17-8-6-9-18(14-17)24-3/h4-14H,1-3H3/b20-13+. The first-order valence-corrected chi connectivity index (χ1v) is 8.93. The number of carbonyl (C=O) groups is 1. The Morgan fingerprint density at radius 2 is 1.84 bits per heavy atom. The van der Waals surface area contributed by atoms with Gasteiger partial charge in [0, 0.05) is 15.3 Å². The number of thiophene rings is 1. The van der Waals surface area contributed by atoms with Gasteiger partial charge in [-0.3, -0.25) is 4.79 Å². The summed E-state index contributed by atoms with van der Waals surface area (Å²) in [5.41, 5.74) is 4.34. The highest BCUT2D eigenvalue weighted by molar-refractivity contribution is 7.16. The molecule has 2 nitrogen and oxygen atoms in total. The Balaban J connectivity index is 2.06. The van der Waals surface area contributed by atoms with E-state index in [-0.39, 0.29) is 5.78 Å². The van der Waals surface area contributed by atoms with Gasteiger partial charge >= 0.3 is 0 Å². The van der Waals surface area contributed by atoms with Crippen molar-refractivity contribution in [3.63, 3.8) is 0 Å². The fraction of sp³-hybridized carbons (Fsp3) is 0.136. The molecule has 0 aliphatic heterocycles. The molecule has 0 amide bonds. The molecular weight excluding hydrogens is 328 g/mol. The number of carbonyl (C=O) groups excluding carboxylic acids is 1. The van der Waals surface area contributed by atoms with Crippen molar-refractivity contribution < 1.29 is 9.53 Å². The van der Waals surface area contributed by atoms with Crippen molar-refractivity contribution in [2.45, 2.75) is 13.8 Å². The number of rotatable bonds is 5. The fourth-order valence-electron chi connectivity index (χ4n) is 2.77. The molecule has 3 aromatic rings. The molecule has 2 aromatic carbocycles. The van der Waals surface area contributed by atoms with Gasteiger partial charge in [0.2, 0.25) is 0 Å². The molecule has 0 saturated carbocycles. The highest BCUT2D eigenvalue weighted by Crippen LogP contribution is 2.36. The molecule has 0 atom stereocenters. The molecule has 1 heterocycles. The molecular formula is C22H20O2S. The van der Waals surface area contributed by atoms with Crippen molar-refractivity contribution in [2.24, 2.45) is 0 Å². The quantitative estimate of drug-likeness (QED) is 0.549.